The molecule has 2 amide bonds. The lowest BCUT2D eigenvalue weighted by Crippen LogP contribution is -2.41. The molecule has 128 valence electrons. The van der Waals surface area contributed by atoms with Crippen LogP contribution in [0.3, 0.4) is 0 Å². The molecule has 6 heteroatoms. The molecule has 0 aliphatic heterocycles. The number of rotatable bonds is 6. The minimum absolute atomic E-state index is 0.122. The molecule has 24 heavy (non-hydrogen) atoms. The number of halogens is 1. The first-order valence-electron chi connectivity index (χ1n) is 7.81. The van der Waals surface area contributed by atoms with E-state index in [0.29, 0.717) is 18.1 Å². The lowest BCUT2D eigenvalue weighted by molar-refractivity contribution is 0.232. The minimum Gasteiger partial charge on any atom is -0.332 e. The molecule has 1 aromatic carbocycles. The van der Waals surface area contributed by atoms with Crippen LogP contribution in [0.2, 0.25) is 5.02 Å². The standard InChI is InChI=1S/C18H23ClN4O/c1-13-5-4-6-16(21-13)11-20-18(24)22-17(12-23(2)3)14-7-9-15(19)10-8-14/h4-10,17H,11-12H2,1-3H3,(H2,20,22,24)/t17-/m1/s1. The fraction of sp³-hybridized carbons (Fsp3) is 0.333. The zero-order chi connectivity index (χ0) is 17.5. The van der Waals surface area contributed by atoms with Gasteiger partial charge in [-0.2, -0.15) is 0 Å². The third-order valence-electron chi connectivity index (χ3n) is 3.50. The molecule has 0 aliphatic carbocycles. The number of nitrogens with one attached hydrogen (secondary N) is 2. The molecule has 2 aromatic rings. The molecule has 0 spiro atoms. The van der Waals surface area contributed by atoms with Crippen molar-refractivity contribution in [2.75, 3.05) is 20.6 Å². The van der Waals surface area contributed by atoms with Crippen LogP contribution in [0.15, 0.2) is 42.5 Å². The number of urea groups is 1. The Bertz CT molecular complexity index is 673. The number of likely N-dealkylation sites (N-methyl/N-ethyl adjacent to an activating group) is 1. The first kappa shape index (κ1) is 18.2. The molecular weight excluding hydrogens is 324 g/mol. The van der Waals surface area contributed by atoms with Gasteiger partial charge in [-0.05, 0) is 50.8 Å². The zero-order valence-electron chi connectivity index (χ0n) is 14.2. The summed E-state index contributed by atoms with van der Waals surface area (Å²) in [6.07, 6.45) is 0. The molecule has 0 unspecified atom stereocenters. The van der Waals surface area contributed by atoms with Gasteiger partial charge in [-0.25, -0.2) is 4.79 Å². The lowest BCUT2D eigenvalue weighted by atomic mass is 10.1. The molecule has 0 bridgehead atoms. The van der Waals surface area contributed by atoms with Gasteiger partial charge in [-0.15, -0.1) is 0 Å². The van der Waals surface area contributed by atoms with Crippen LogP contribution in [0.4, 0.5) is 4.79 Å². The van der Waals surface area contributed by atoms with Crippen LogP contribution in [-0.2, 0) is 6.54 Å². The number of carbonyl (C=O) groups is 1. The van der Waals surface area contributed by atoms with Crippen LogP contribution in [0.5, 0.6) is 0 Å². The van der Waals surface area contributed by atoms with E-state index in [2.05, 4.69) is 15.6 Å². The Morgan fingerprint density at radius 2 is 1.92 bits per heavy atom. The molecular formula is C18H23ClN4O. The van der Waals surface area contributed by atoms with E-state index in [9.17, 15) is 4.79 Å². The normalized spacial score (nSPS) is 12.0. The highest BCUT2D eigenvalue weighted by atomic mass is 35.5. The average molecular weight is 347 g/mol. The van der Waals surface area contributed by atoms with Crippen molar-refractivity contribution in [3.05, 3.63) is 64.4 Å². The number of carbonyl (C=O) groups excluding carboxylic acids is 1. The van der Waals surface area contributed by atoms with Crippen LogP contribution < -0.4 is 10.6 Å². The summed E-state index contributed by atoms with van der Waals surface area (Å²) in [6, 6.07) is 12.9. The van der Waals surface area contributed by atoms with Crippen molar-refractivity contribution >= 4 is 17.6 Å². The van der Waals surface area contributed by atoms with E-state index in [4.69, 9.17) is 11.6 Å². The van der Waals surface area contributed by atoms with Crippen molar-refractivity contribution in [1.82, 2.24) is 20.5 Å². The Hall–Kier alpha value is -2.11. The van der Waals surface area contributed by atoms with Crippen LogP contribution in [0.25, 0.3) is 0 Å². The van der Waals surface area contributed by atoms with Gasteiger partial charge >= 0.3 is 6.03 Å². The Kier molecular flexibility index (Phi) is 6.58. The van der Waals surface area contributed by atoms with E-state index >= 15 is 0 Å². The summed E-state index contributed by atoms with van der Waals surface area (Å²) in [5.74, 6) is 0. The van der Waals surface area contributed by atoms with Crippen LogP contribution in [0, 0.1) is 6.92 Å². The molecule has 1 heterocycles. The molecule has 1 aromatic heterocycles. The summed E-state index contributed by atoms with van der Waals surface area (Å²) in [4.78, 5) is 18.6. The second-order valence-corrected chi connectivity index (χ2v) is 6.40. The van der Waals surface area contributed by atoms with Gasteiger partial charge in [0, 0.05) is 17.3 Å². The molecule has 0 saturated carbocycles. The summed E-state index contributed by atoms with van der Waals surface area (Å²) in [5, 5.41) is 6.54. The Morgan fingerprint density at radius 1 is 1.21 bits per heavy atom. The maximum Gasteiger partial charge on any atom is 0.315 e. The minimum atomic E-state index is -0.222. The quantitative estimate of drug-likeness (QED) is 0.844. The van der Waals surface area contributed by atoms with Crippen molar-refractivity contribution in [2.45, 2.75) is 19.5 Å². The molecule has 0 saturated heterocycles. The highest BCUT2D eigenvalue weighted by Crippen LogP contribution is 2.17. The van der Waals surface area contributed by atoms with Crippen molar-refractivity contribution < 1.29 is 4.79 Å². The maximum atomic E-state index is 12.2. The maximum absolute atomic E-state index is 12.2. The zero-order valence-corrected chi connectivity index (χ0v) is 15.0. The number of hydrogen-bond acceptors (Lipinski definition) is 3. The number of aryl methyl sites for hydroxylation is 1. The van der Waals surface area contributed by atoms with Crippen LogP contribution in [0.1, 0.15) is 23.0 Å². The van der Waals surface area contributed by atoms with Gasteiger partial charge in [0.05, 0.1) is 18.3 Å². The van der Waals surface area contributed by atoms with Crippen molar-refractivity contribution in [3.63, 3.8) is 0 Å². The first-order valence-corrected chi connectivity index (χ1v) is 8.19. The molecule has 2 N–H and O–H groups in total. The Labute approximate surface area is 148 Å². The summed E-state index contributed by atoms with van der Waals surface area (Å²) < 4.78 is 0. The van der Waals surface area contributed by atoms with E-state index < -0.39 is 0 Å². The Morgan fingerprint density at radius 3 is 2.54 bits per heavy atom. The van der Waals surface area contributed by atoms with Crippen molar-refractivity contribution in [1.29, 1.82) is 0 Å². The van der Waals surface area contributed by atoms with Gasteiger partial charge in [0.1, 0.15) is 0 Å². The van der Waals surface area contributed by atoms with Gasteiger partial charge in [0.25, 0.3) is 0 Å². The lowest BCUT2D eigenvalue weighted by Gasteiger charge is -2.23. The third-order valence-corrected chi connectivity index (χ3v) is 3.75. The number of benzene rings is 1. The fourth-order valence-corrected chi connectivity index (χ4v) is 2.50. The molecule has 0 radical (unpaired) electrons. The largest absolute Gasteiger partial charge is 0.332 e. The van der Waals surface area contributed by atoms with Gasteiger partial charge < -0.3 is 15.5 Å². The third kappa shape index (κ3) is 5.83. The van der Waals surface area contributed by atoms with E-state index in [-0.39, 0.29) is 12.1 Å². The van der Waals surface area contributed by atoms with Crippen LogP contribution >= 0.6 is 11.6 Å². The summed E-state index contributed by atoms with van der Waals surface area (Å²) >= 11 is 5.94. The number of pyridine rings is 1. The molecule has 5 nitrogen and oxygen atoms in total. The van der Waals surface area contributed by atoms with E-state index in [1.807, 2.05) is 68.4 Å². The highest BCUT2D eigenvalue weighted by molar-refractivity contribution is 6.30. The number of hydrogen-bond donors (Lipinski definition) is 2. The number of nitrogens with zero attached hydrogens (tertiary/aromatic N) is 2. The van der Waals surface area contributed by atoms with Gasteiger partial charge in [0.2, 0.25) is 0 Å². The number of amides is 2. The molecule has 0 aliphatic rings. The predicted octanol–water partition coefficient (Wildman–Crippen LogP) is 3.15. The van der Waals surface area contributed by atoms with E-state index in [0.717, 1.165) is 17.0 Å². The average Bonchev–Trinajstić information content (AvgIpc) is 2.53. The van der Waals surface area contributed by atoms with E-state index in [1.54, 1.807) is 0 Å². The van der Waals surface area contributed by atoms with Crippen molar-refractivity contribution in [3.8, 4) is 0 Å². The van der Waals surface area contributed by atoms with Gasteiger partial charge in [0.15, 0.2) is 0 Å². The second kappa shape index (κ2) is 8.66. The number of aromatic nitrogens is 1. The topological polar surface area (TPSA) is 57.3 Å². The van der Waals surface area contributed by atoms with Gasteiger partial charge in [-0.1, -0.05) is 29.8 Å². The molecule has 1 atom stereocenters. The fourth-order valence-electron chi connectivity index (χ4n) is 2.37. The molecule has 2 rings (SSSR count). The summed E-state index contributed by atoms with van der Waals surface area (Å²) in [7, 11) is 3.94. The smallest absolute Gasteiger partial charge is 0.315 e. The summed E-state index contributed by atoms with van der Waals surface area (Å²) in [5.41, 5.74) is 2.78. The van der Waals surface area contributed by atoms with E-state index in [1.165, 1.54) is 0 Å². The SMILES string of the molecule is Cc1cccc(CNC(=O)N[C@H](CN(C)C)c2ccc(Cl)cc2)n1. The summed E-state index contributed by atoms with van der Waals surface area (Å²) in [6.45, 7) is 3.01. The monoisotopic (exact) mass is 346 g/mol. The molecule has 0 fully saturated rings. The second-order valence-electron chi connectivity index (χ2n) is 5.96. The Balaban J connectivity index is 1.97. The predicted molar refractivity (Wildman–Crippen MR) is 97.1 cm³/mol. The first-order chi connectivity index (χ1) is 11.4. The van der Waals surface area contributed by atoms with Crippen LogP contribution in [-0.4, -0.2) is 36.6 Å². The van der Waals surface area contributed by atoms with Crippen molar-refractivity contribution in [2.24, 2.45) is 0 Å². The van der Waals surface area contributed by atoms with Gasteiger partial charge in [-0.3, -0.25) is 4.98 Å². The highest BCUT2D eigenvalue weighted by Gasteiger charge is 2.15.